The lowest BCUT2D eigenvalue weighted by Gasteiger charge is -2.35. The van der Waals surface area contributed by atoms with Crippen LogP contribution in [0.4, 0.5) is 0 Å². The Bertz CT molecular complexity index is 221. The topological polar surface area (TPSA) is 50.7 Å². The third-order valence-electron chi connectivity index (χ3n) is 4.00. The zero-order valence-electron chi connectivity index (χ0n) is 10.8. The third-order valence-corrected chi connectivity index (χ3v) is 4.00. The largest absolute Gasteiger partial charge is 0.389 e. The molecular weight excluding hydrogens is 218 g/mol. The summed E-state index contributed by atoms with van der Waals surface area (Å²) in [6, 6.07) is 0. The minimum Gasteiger partial charge on any atom is -0.389 e. The van der Waals surface area contributed by atoms with Crippen molar-refractivity contribution in [2.24, 2.45) is 5.92 Å². The molecule has 2 N–H and O–H groups in total. The monoisotopic (exact) mass is 243 g/mol. The van der Waals surface area contributed by atoms with Gasteiger partial charge in [0.2, 0.25) is 0 Å². The summed E-state index contributed by atoms with van der Waals surface area (Å²) in [5, 5.41) is 13.7. The van der Waals surface area contributed by atoms with E-state index in [9.17, 15) is 5.11 Å². The SMILES string of the molecule is CC1CCC(O)(CNCC2CCOCO2)CC1. The normalized spacial score (nSPS) is 39.2. The van der Waals surface area contributed by atoms with E-state index >= 15 is 0 Å². The summed E-state index contributed by atoms with van der Waals surface area (Å²) in [6.45, 7) is 4.98. The average Bonchev–Trinajstić information content (AvgIpc) is 2.35. The minimum atomic E-state index is -0.488. The fourth-order valence-electron chi connectivity index (χ4n) is 2.60. The molecule has 1 heterocycles. The summed E-state index contributed by atoms with van der Waals surface area (Å²) in [7, 11) is 0. The van der Waals surface area contributed by atoms with Crippen molar-refractivity contribution in [2.45, 2.75) is 50.7 Å². The van der Waals surface area contributed by atoms with E-state index in [1.165, 1.54) is 0 Å². The molecule has 2 rings (SSSR count). The number of nitrogens with one attached hydrogen (secondary N) is 1. The van der Waals surface area contributed by atoms with Crippen LogP contribution >= 0.6 is 0 Å². The Kier molecular flexibility index (Phi) is 4.79. The lowest BCUT2D eigenvalue weighted by atomic mass is 9.79. The van der Waals surface area contributed by atoms with Gasteiger partial charge in [-0.2, -0.15) is 0 Å². The van der Waals surface area contributed by atoms with E-state index in [4.69, 9.17) is 9.47 Å². The van der Waals surface area contributed by atoms with Crippen LogP contribution in [0.2, 0.25) is 0 Å². The quantitative estimate of drug-likeness (QED) is 0.781. The second-order valence-corrected chi connectivity index (χ2v) is 5.64. The molecule has 2 aliphatic rings. The van der Waals surface area contributed by atoms with Crippen molar-refractivity contribution >= 4 is 0 Å². The van der Waals surface area contributed by atoms with Crippen LogP contribution in [-0.4, -0.2) is 43.3 Å². The van der Waals surface area contributed by atoms with E-state index in [-0.39, 0.29) is 6.10 Å². The van der Waals surface area contributed by atoms with Gasteiger partial charge in [0, 0.05) is 13.1 Å². The van der Waals surface area contributed by atoms with Crippen LogP contribution in [0.25, 0.3) is 0 Å². The number of hydrogen-bond acceptors (Lipinski definition) is 4. The van der Waals surface area contributed by atoms with Crippen molar-refractivity contribution in [3.05, 3.63) is 0 Å². The Balaban J connectivity index is 1.63. The van der Waals surface area contributed by atoms with Gasteiger partial charge >= 0.3 is 0 Å². The summed E-state index contributed by atoms with van der Waals surface area (Å²) in [5.74, 6) is 0.772. The number of hydrogen-bond donors (Lipinski definition) is 2. The van der Waals surface area contributed by atoms with Gasteiger partial charge in [0.25, 0.3) is 0 Å². The molecule has 1 saturated carbocycles. The van der Waals surface area contributed by atoms with Gasteiger partial charge in [-0.3, -0.25) is 0 Å². The van der Waals surface area contributed by atoms with Gasteiger partial charge in [-0.05, 0) is 38.0 Å². The predicted molar refractivity (Wildman–Crippen MR) is 65.8 cm³/mol. The first kappa shape index (κ1) is 13.3. The number of ether oxygens (including phenoxy) is 2. The van der Waals surface area contributed by atoms with Crippen LogP contribution in [0, 0.1) is 5.92 Å². The van der Waals surface area contributed by atoms with Crippen LogP contribution in [0.3, 0.4) is 0 Å². The molecule has 2 fully saturated rings. The fourth-order valence-corrected chi connectivity index (χ4v) is 2.60. The van der Waals surface area contributed by atoms with Gasteiger partial charge in [0.05, 0.1) is 18.3 Å². The second kappa shape index (κ2) is 6.14. The lowest BCUT2D eigenvalue weighted by molar-refractivity contribution is -0.138. The van der Waals surface area contributed by atoms with Crippen LogP contribution in [0.15, 0.2) is 0 Å². The molecule has 100 valence electrons. The van der Waals surface area contributed by atoms with E-state index in [1.54, 1.807) is 0 Å². The smallest absolute Gasteiger partial charge is 0.147 e. The van der Waals surface area contributed by atoms with E-state index in [1.807, 2.05) is 0 Å². The van der Waals surface area contributed by atoms with Gasteiger partial charge in [-0.15, -0.1) is 0 Å². The van der Waals surface area contributed by atoms with Crippen molar-refractivity contribution in [2.75, 3.05) is 26.5 Å². The zero-order chi connectivity index (χ0) is 12.1. The van der Waals surface area contributed by atoms with Gasteiger partial charge < -0.3 is 19.9 Å². The lowest BCUT2D eigenvalue weighted by Crippen LogP contribution is -2.46. The maximum absolute atomic E-state index is 10.4. The summed E-state index contributed by atoms with van der Waals surface area (Å²) in [4.78, 5) is 0. The van der Waals surface area contributed by atoms with Gasteiger partial charge in [0.15, 0.2) is 0 Å². The maximum atomic E-state index is 10.4. The number of aliphatic hydroxyl groups is 1. The third kappa shape index (κ3) is 4.21. The van der Waals surface area contributed by atoms with Gasteiger partial charge in [-0.1, -0.05) is 6.92 Å². The molecule has 4 heteroatoms. The fraction of sp³-hybridized carbons (Fsp3) is 1.00. The Labute approximate surface area is 104 Å². The van der Waals surface area contributed by atoms with Crippen LogP contribution in [0.5, 0.6) is 0 Å². The molecule has 0 spiro atoms. The highest BCUT2D eigenvalue weighted by atomic mass is 16.7. The van der Waals surface area contributed by atoms with Gasteiger partial charge in [0.1, 0.15) is 6.79 Å². The average molecular weight is 243 g/mol. The highest BCUT2D eigenvalue weighted by Gasteiger charge is 2.31. The molecule has 17 heavy (non-hydrogen) atoms. The van der Waals surface area contributed by atoms with Crippen LogP contribution in [-0.2, 0) is 9.47 Å². The first-order valence-electron chi connectivity index (χ1n) is 6.80. The Morgan fingerprint density at radius 3 is 2.71 bits per heavy atom. The summed E-state index contributed by atoms with van der Waals surface area (Å²) in [5.41, 5.74) is -0.488. The maximum Gasteiger partial charge on any atom is 0.147 e. The molecule has 0 aromatic rings. The Hall–Kier alpha value is -0.160. The molecule has 0 radical (unpaired) electrons. The van der Waals surface area contributed by atoms with Crippen molar-refractivity contribution in [1.82, 2.24) is 5.32 Å². The molecule has 1 atom stereocenters. The zero-order valence-corrected chi connectivity index (χ0v) is 10.8. The Morgan fingerprint density at radius 2 is 2.06 bits per heavy atom. The number of rotatable bonds is 4. The molecule has 4 nitrogen and oxygen atoms in total. The first-order chi connectivity index (χ1) is 8.18. The van der Waals surface area contributed by atoms with Gasteiger partial charge in [-0.25, -0.2) is 0 Å². The van der Waals surface area contributed by atoms with Crippen molar-refractivity contribution in [3.8, 4) is 0 Å². The molecule has 1 aliphatic carbocycles. The highest BCUT2D eigenvalue weighted by molar-refractivity contribution is 4.86. The molecule has 1 saturated heterocycles. The first-order valence-corrected chi connectivity index (χ1v) is 6.80. The van der Waals surface area contributed by atoms with Crippen molar-refractivity contribution < 1.29 is 14.6 Å². The minimum absolute atomic E-state index is 0.245. The van der Waals surface area contributed by atoms with E-state index in [2.05, 4.69) is 12.2 Å². The van der Waals surface area contributed by atoms with Crippen LogP contribution in [0.1, 0.15) is 39.0 Å². The molecule has 0 amide bonds. The van der Waals surface area contributed by atoms with Crippen molar-refractivity contribution in [1.29, 1.82) is 0 Å². The van der Waals surface area contributed by atoms with Crippen molar-refractivity contribution in [3.63, 3.8) is 0 Å². The molecule has 1 aliphatic heterocycles. The highest BCUT2D eigenvalue weighted by Crippen LogP contribution is 2.31. The molecule has 0 aromatic heterocycles. The standard InChI is InChI=1S/C13H25NO3/c1-11-2-5-13(15,6-3-11)9-14-8-12-4-7-16-10-17-12/h11-12,14-15H,2-10H2,1H3. The van der Waals surface area contributed by atoms with E-state index < -0.39 is 5.60 Å². The van der Waals surface area contributed by atoms with E-state index in [0.29, 0.717) is 13.3 Å². The molecular formula is C13H25NO3. The molecule has 1 unspecified atom stereocenters. The van der Waals surface area contributed by atoms with E-state index in [0.717, 1.165) is 51.2 Å². The molecule has 0 bridgehead atoms. The summed E-state index contributed by atoms with van der Waals surface area (Å²) in [6.07, 6.45) is 5.33. The molecule has 0 aromatic carbocycles. The summed E-state index contributed by atoms with van der Waals surface area (Å²) >= 11 is 0. The summed E-state index contributed by atoms with van der Waals surface area (Å²) < 4.78 is 10.6. The second-order valence-electron chi connectivity index (χ2n) is 5.64. The predicted octanol–water partition coefficient (Wildman–Crippen LogP) is 1.28. The van der Waals surface area contributed by atoms with Crippen LogP contribution < -0.4 is 5.32 Å². The Morgan fingerprint density at radius 1 is 1.29 bits per heavy atom.